The van der Waals surface area contributed by atoms with Crippen molar-refractivity contribution in [1.82, 2.24) is 0 Å². The number of benzene rings is 1. The van der Waals surface area contributed by atoms with Crippen molar-refractivity contribution in [2.24, 2.45) is 0 Å². The van der Waals surface area contributed by atoms with E-state index < -0.39 is 0 Å². The van der Waals surface area contributed by atoms with Gasteiger partial charge in [0.2, 0.25) is 0 Å². The van der Waals surface area contributed by atoms with Crippen LogP contribution < -0.4 is 0 Å². The van der Waals surface area contributed by atoms with Crippen molar-refractivity contribution in [3.8, 4) is 0 Å². The summed E-state index contributed by atoms with van der Waals surface area (Å²) in [4.78, 5) is 0. The number of rotatable bonds is 0. The molecule has 0 N–H and O–H groups in total. The van der Waals surface area contributed by atoms with Gasteiger partial charge in [-0.2, -0.15) is 0 Å². The van der Waals surface area contributed by atoms with Crippen molar-refractivity contribution in [2.75, 3.05) is 0 Å². The van der Waals surface area contributed by atoms with Crippen LogP contribution in [0.2, 0.25) is 0 Å². The fraction of sp³-hybridized carbons (Fsp3) is 0.333. The maximum absolute atomic E-state index is 5.21. The summed E-state index contributed by atoms with van der Waals surface area (Å²) in [5.74, 6) is 0. The molecule has 0 heterocycles. The van der Waals surface area contributed by atoms with Gasteiger partial charge in [-0.05, 0) is 24.0 Å². The van der Waals surface area contributed by atoms with E-state index in [-0.39, 0.29) is 0 Å². The zero-order valence-electron chi connectivity index (χ0n) is 5.71. The van der Waals surface area contributed by atoms with Gasteiger partial charge in [0.05, 0.1) is 0 Å². The largest absolute Gasteiger partial charge is 0.0897 e. The van der Waals surface area contributed by atoms with Crippen molar-refractivity contribution in [2.45, 2.75) is 18.1 Å². The molecular formula is C9H9S. The maximum atomic E-state index is 5.21. The van der Waals surface area contributed by atoms with E-state index >= 15 is 0 Å². The Hall–Kier alpha value is -0.430. The van der Waals surface area contributed by atoms with Crippen LogP contribution in [0.15, 0.2) is 24.3 Å². The SMILES string of the molecule is [S]C1Cc2ccccc2C1. The predicted octanol–water partition coefficient (Wildman–Crippen LogP) is 2.35. The summed E-state index contributed by atoms with van der Waals surface area (Å²) in [5.41, 5.74) is 2.92. The molecule has 1 aromatic carbocycles. The smallest absolute Gasteiger partial charge is 0.0232 e. The van der Waals surface area contributed by atoms with E-state index in [1.165, 1.54) is 11.1 Å². The van der Waals surface area contributed by atoms with Crippen molar-refractivity contribution >= 4 is 12.6 Å². The Kier molecular flexibility index (Phi) is 1.46. The van der Waals surface area contributed by atoms with E-state index in [0.29, 0.717) is 5.25 Å². The second-order valence-corrected chi connectivity index (χ2v) is 3.47. The molecule has 0 unspecified atom stereocenters. The molecule has 1 aliphatic carbocycles. The zero-order chi connectivity index (χ0) is 6.97. The van der Waals surface area contributed by atoms with Crippen LogP contribution >= 0.6 is 12.6 Å². The number of fused-ring (bicyclic) bond motifs is 1. The molecule has 2 rings (SSSR count). The molecule has 1 radical (unpaired) electrons. The molecule has 0 nitrogen and oxygen atoms in total. The molecule has 0 saturated heterocycles. The molecule has 0 aromatic heterocycles. The lowest BCUT2D eigenvalue weighted by Gasteiger charge is -1.92. The van der Waals surface area contributed by atoms with Crippen LogP contribution in [-0.4, -0.2) is 5.25 Å². The van der Waals surface area contributed by atoms with Crippen molar-refractivity contribution in [1.29, 1.82) is 0 Å². The molecule has 0 spiro atoms. The minimum Gasteiger partial charge on any atom is -0.0897 e. The highest BCUT2D eigenvalue weighted by Crippen LogP contribution is 2.24. The molecule has 0 saturated carbocycles. The van der Waals surface area contributed by atoms with E-state index in [1.54, 1.807) is 0 Å². The molecule has 0 atom stereocenters. The Morgan fingerprint density at radius 2 is 1.60 bits per heavy atom. The van der Waals surface area contributed by atoms with Crippen LogP contribution in [0.3, 0.4) is 0 Å². The number of hydrogen-bond acceptors (Lipinski definition) is 0. The molecule has 0 aliphatic heterocycles. The van der Waals surface area contributed by atoms with Gasteiger partial charge >= 0.3 is 0 Å². The highest BCUT2D eigenvalue weighted by Gasteiger charge is 2.17. The van der Waals surface area contributed by atoms with E-state index in [1.807, 2.05) is 0 Å². The Morgan fingerprint density at radius 3 is 2.10 bits per heavy atom. The third kappa shape index (κ3) is 0.948. The maximum Gasteiger partial charge on any atom is 0.0232 e. The average molecular weight is 149 g/mol. The van der Waals surface area contributed by atoms with Gasteiger partial charge in [0.1, 0.15) is 0 Å². The molecule has 51 valence electrons. The molecule has 0 bridgehead atoms. The fourth-order valence-corrected chi connectivity index (χ4v) is 1.88. The van der Waals surface area contributed by atoms with Crippen LogP contribution in [0, 0.1) is 0 Å². The monoisotopic (exact) mass is 149 g/mol. The van der Waals surface area contributed by atoms with Gasteiger partial charge in [-0.3, -0.25) is 0 Å². The van der Waals surface area contributed by atoms with Crippen LogP contribution in [0.4, 0.5) is 0 Å². The predicted molar refractivity (Wildman–Crippen MR) is 45.2 cm³/mol. The van der Waals surface area contributed by atoms with Gasteiger partial charge in [-0.25, -0.2) is 0 Å². The second-order valence-electron chi connectivity index (χ2n) is 2.80. The van der Waals surface area contributed by atoms with E-state index in [4.69, 9.17) is 12.6 Å². The van der Waals surface area contributed by atoms with Crippen LogP contribution in [0.1, 0.15) is 11.1 Å². The first-order valence-corrected chi connectivity index (χ1v) is 4.06. The van der Waals surface area contributed by atoms with Gasteiger partial charge < -0.3 is 0 Å². The highest BCUT2D eigenvalue weighted by atomic mass is 32.1. The van der Waals surface area contributed by atoms with Gasteiger partial charge in [0.25, 0.3) is 0 Å². The number of hydrogen-bond donors (Lipinski definition) is 0. The summed E-state index contributed by atoms with van der Waals surface area (Å²) in [6.07, 6.45) is 2.21. The Balaban J connectivity index is 2.42. The molecular weight excluding hydrogens is 140 g/mol. The summed E-state index contributed by atoms with van der Waals surface area (Å²) in [6.45, 7) is 0. The van der Waals surface area contributed by atoms with Crippen LogP contribution in [0.5, 0.6) is 0 Å². The molecule has 1 aliphatic rings. The summed E-state index contributed by atoms with van der Waals surface area (Å²) < 4.78 is 0. The normalized spacial score (nSPS) is 17.3. The van der Waals surface area contributed by atoms with E-state index in [2.05, 4.69) is 24.3 Å². The third-order valence-corrected chi connectivity index (χ3v) is 2.35. The van der Waals surface area contributed by atoms with E-state index in [0.717, 1.165) is 12.8 Å². The first-order chi connectivity index (χ1) is 4.86. The molecule has 10 heavy (non-hydrogen) atoms. The Bertz CT molecular complexity index is 217. The van der Waals surface area contributed by atoms with Gasteiger partial charge in [0.15, 0.2) is 0 Å². The van der Waals surface area contributed by atoms with Gasteiger partial charge in [0, 0.05) is 5.25 Å². The molecule has 1 aromatic rings. The first kappa shape index (κ1) is 6.29. The Labute approximate surface area is 66.7 Å². The van der Waals surface area contributed by atoms with Crippen molar-refractivity contribution in [3.63, 3.8) is 0 Å². The Morgan fingerprint density at radius 1 is 1.10 bits per heavy atom. The van der Waals surface area contributed by atoms with Crippen LogP contribution in [-0.2, 0) is 12.8 Å². The summed E-state index contributed by atoms with van der Waals surface area (Å²) in [7, 11) is 0. The fourth-order valence-electron chi connectivity index (χ4n) is 1.52. The summed E-state index contributed by atoms with van der Waals surface area (Å²) in [6, 6.07) is 8.54. The van der Waals surface area contributed by atoms with Gasteiger partial charge in [-0.15, -0.1) is 0 Å². The highest BCUT2D eigenvalue weighted by molar-refractivity contribution is 7.81. The topological polar surface area (TPSA) is 0 Å². The molecule has 0 amide bonds. The zero-order valence-corrected chi connectivity index (χ0v) is 6.53. The lowest BCUT2D eigenvalue weighted by atomic mass is 10.1. The van der Waals surface area contributed by atoms with Crippen molar-refractivity contribution in [3.05, 3.63) is 35.4 Å². The lowest BCUT2D eigenvalue weighted by Crippen LogP contribution is -1.93. The van der Waals surface area contributed by atoms with Crippen molar-refractivity contribution < 1.29 is 0 Å². The summed E-state index contributed by atoms with van der Waals surface area (Å²) >= 11 is 5.21. The van der Waals surface area contributed by atoms with E-state index in [9.17, 15) is 0 Å². The second kappa shape index (κ2) is 2.31. The summed E-state index contributed by atoms with van der Waals surface area (Å²) in [5, 5.41) is 0.456. The quantitative estimate of drug-likeness (QED) is 0.531. The molecule has 1 heteroatoms. The minimum atomic E-state index is 0.456. The minimum absolute atomic E-state index is 0.456. The first-order valence-electron chi connectivity index (χ1n) is 3.59. The molecule has 0 fully saturated rings. The third-order valence-electron chi connectivity index (χ3n) is 2.01. The van der Waals surface area contributed by atoms with Gasteiger partial charge in [-0.1, -0.05) is 36.9 Å². The average Bonchev–Trinajstić information content (AvgIpc) is 2.27. The van der Waals surface area contributed by atoms with Crippen LogP contribution in [0.25, 0.3) is 0 Å². The lowest BCUT2D eigenvalue weighted by molar-refractivity contribution is 0.943. The standard InChI is InChI=1S/C9H9S/c10-9-5-7-3-1-2-4-8(7)6-9/h1-4,9H,5-6H2.